The summed E-state index contributed by atoms with van der Waals surface area (Å²) in [6.07, 6.45) is 2.75. The topological polar surface area (TPSA) is 69.6 Å². The van der Waals surface area contributed by atoms with Crippen LogP contribution in [0.4, 0.5) is 0 Å². The van der Waals surface area contributed by atoms with E-state index < -0.39 is 17.0 Å². The standard InChI is InChI=1S/C10H22N2O3S/c1-3-10(13)9-12(4-2)8-6-5-7-11-16(14)15/h3,10,13,16H,1,4-9H2,2H3,(H,11,14,15). The zero-order valence-electron chi connectivity index (χ0n) is 9.76. The number of likely N-dealkylation sites (N-methyl/N-ethyl adjacent to an activating group) is 1. The lowest BCUT2D eigenvalue weighted by molar-refractivity contribution is 0.149. The zero-order chi connectivity index (χ0) is 12.4. The molecule has 0 rings (SSSR count). The molecule has 0 saturated carbocycles. The molecule has 0 aliphatic rings. The summed E-state index contributed by atoms with van der Waals surface area (Å²) in [5.74, 6) is 0. The molecular weight excluding hydrogens is 228 g/mol. The maximum Gasteiger partial charge on any atom is 0.201 e. The number of unbranched alkanes of at least 4 members (excludes halogenated alkanes) is 1. The fraction of sp³-hybridized carbons (Fsp3) is 0.800. The maximum absolute atomic E-state index is 10.2. The molecule has 1 atom stereocenters. The Hall–Kier alpha value is -0.430. The molecule has 0 aromatic heterocycles. The summed E-state index contributed by atoms with van der Waals surface area (Å²) in [5, 5.41) is 9.38. The van der Waals surface area contributed by atoms with Gasteiger partial charge in [-0.2, -0.15) is 0 Å². The molecule has 5 nitrogen and oxygen atoms in total. The second-order valence-corrected chi connectivity index (χ2v) is 4.40. The lowest BCUT2D eigenvalue weighted by Crippen LogP contribution is -2.32. The first kappa shape index (κ1) is 15.6. The lowest BCUT2D eigenvalue weighted by atomic mass is 10.2. The smallest absolute Gasteiger partial charge is 0.201 e. The molecule has 6 heteroatoms. The highest BCUT2D eigenvalue weighted by molar-refractivity contribution is 7.70. The number of nitrogens with zero attached hydrogens (tertiary/aromatic N) is 1. The summed E-state index contributed by atoms with van der Waals surface area (Å²) in [5.41, 5.74) is 0. The maximum atomic E-state index is 10.2. The highest BCUT2D eigenvalue weighted by Gasteiger charge is 2.06. The predicted molar refractivity (Wildman–Crippen MR) is 65.9 cm³/mol. The van der Waals surface area contributed by atoms with Crippen LogP contribution in [0.15, 0.2) is 12.7 Å². The Morgan fingerprint density at radius 3 is 2.69 bits per heavy atom. The van der Waals surface area contributed by atoms with E-state index in [1.165, 1.54) is 6.08 Å². The second-order valence-electron chi connectivity index (χ2n) is 3.57. The first-order valence-corrected chi connectivity index (χ1v) is 6.68. The Balaban J connectivity index is 3.58. The van der Waals surface area contributed by atoms with Crippen LogP contribution in [0.3, 0.4) is 0 Å². The van der Waals surface area contributed by atoms with Gasteiger partial charge in [0.25, 0.3) is 0 Å². The molecule has 96 valence electrons. The van der Waals surface area contributed by atoms with Gasteiger partial charge in [-0.05, 0) is 25.9 Å². The number of aliphatic hydroxyl groups is 1. The van der Waals surface area contributed by atoms with E-state index >= 15 is 0 Å². The van der Waals surface area contributed by atoms with E-state index in [2.05, 4.69) is 16.2 Å². The third kappa shape index (κ3) is 8.84. The van der Waals surface area contributed by atoms with Crippen molar-refractivity contribution in [2.75, 3.05) is 26.2 Å². The van der Waals surface area contributed by atoms with Crippen molar-refractivity contribution >= 4 is 10.9 Å². The number of rotatable bonds is 10. The largest absolute Gasteiger partial charge is 0.388 e. The Labute approximate surface area is 99.2 Å². The van der Waals surface area contributed by atoms with Crippen molar-refractivity contribution < 1.29 is 13.5 Å². The fourth-order valence-corrected chi connectivity index (χ4v) is 1.69. The molecule has 0 saturated heterocycles. The van der Waals surface area contributed by atoms with Crippen LogP contribution in [0.2, 0.25) is 0 Å². The van der Waals surface area contributed by atoms with Crippen molar-refractivity contribution in [3.8, 4) is 0 Å². The first-order valence-electron chi connectivity index (χ1n) is 5.51. The summed E-state index contributed by atoms with van der Waals surface area (Å²) in [6, 6.07) is 0. The molecule has 0 aliphatic carbocycles. The van der Waals surface area contributed by atoms with Crippen LogP contribution in [0, 0.1) is 0 Å². The van der Waals surface area contributed by atoms with Gasteiger partial charge in [0, 0.05) is 13.1 Å². The molecular formula is C10H22N2O3S. The van der Waals surface area contributed by atoms with Crippen LogP contribution in [0.5, 0.6) is 0 Å². The minimum absolute atomic E-state index is 0.486. The number of thiol groups is 1. The molecule has 1 unspecified atom stereocenters. The second kappa shape index (κ2) is 9.77. The van der Waals surface area contributed by atoms with Gasteiger partial charge in [-0.1, -0.05) is 13.0 Å². The van der Waals surface area contributed by atoms with Crippen molar-refractivity contribution in [2.45, 2.75) is 25.9 Å². The van der Waals surface area contributed by atoms with Crippen molar-refractivity contribution in [1.29, 1.82) is 0 Å². The number of nitrogens with one attached hydrogen (secondary N) is 1. The number of hydrogen-bond donors (Lipinski definition) is 3. The van der Waals surface area contributed by atoms with Gasteiger partial charge in [-0.3, -0.25) is 0 Å². The summed E-state index contributed by atoms with van der Waals surface area (Å²) >= 11 is 0. The third-order valence-corrected chi connectivity index (χ3v) is 2.79. The molecule has 16 heavy (non-hydrogen) atoms. The van der Waals surface area contributed by atoms with Crippen molar-refractivity contribution in [3.05, 3.63) is 12.7 Å². The van der Waals surface area contributed by atoms with Crippen molar-refractivity contribution in [2.24, 2.45) is 0 Å². The zero-order valence-corrected chi connectivity index (χ0v) is 10.7. The van der Waals surface area contributed by atoms with E-state index in [1.807, 2.05) is 6.92 Å². The molecule has 0 aromatic rings. The van der Waals surface area contributed by atoms with Gasteiger partial charge in [-0.25, -0.2) is 13.1 Å². The van der Waals surface area contributed by atoms with Gasteiger partial charge in [0.1, 0.15) is 0 Å². The van der Waals surface area contributed by atoms with Crippen LogP contribution >= 0.6 is 0 Å². The Morgan fingerprint density at radius 1 is 1.50 bits per heavy atom. The molecule has 0 fully saturated rings. The lowest BCUT2D eigenvalue weighted by Gasteiger charge is -2.21. The van der Waals surface area contributed by atoms with E-state index in [0.717, 1.165) is 25.9 Å². The van der Waals surface area contributed by atoms with Crippen LogP contribution in [0.25, 0.3) is 0 Å². The Morgan fingerprint density at radius 2 is 2.19 bits per heavy atom. The fourth-order valence-electron chi connectivity index (χ4n) is 1.35. The van der Waals surface area contributed by atoms with Crippen LogP contribution < -0.4 is 4.72 Å². The van der Waals surface area contributed by atoms with E-state index in [-0.39, 0.29) is 0 Å². The van der Waals surface area contributed by atoms with E-state index in [4.69, 9.17) is 0 Å². The van der Waals surface area contributed by atoms with E-state index in [1.54, 1.807) is 0 Å². The minimum atomic E-state index is -2.47. The molecule has 0 aliphatic heterocycles. The molecule has 2 N–H and O–H groups in total. The molecule has 0 radical (unpaired) electrons. The van der Waals surface area contributed by atoms with Gasteiger partial charge in [-0.15, -0.1) is 6.58 Å². The van der Waals surface area contributed by atoms with Crippen LogP contribution in [-0.2, 0) is 10.9 Å². The average Bonchev–Trinajstić information content (AvgIpc) is 2.26. The van der Waals surface area contributed by atoms with Gasteiger partial charge in [0.15, 0.2) is 0 Å². The van der Waals surface area contributed by atoms with Gasteiger partial charge >= 0.3 is 0 Å². The highest BCUT2D eigenvalue weighted by Crippen LogP contribution is 1.97. The van der Waals surface area contributed by atoms with Gasteiger partial charge in [0.05, 0.1) is 6.10 Å². The first-order chi connectivity index (χ1) is 7.60. The predicted octanol–water partition coefficient (Wildman–Crippen LogP) is -0.249. The minimum Gasteiger partial charge on any atom is -0.388 e. The summed E-state index contributed by atoms with van der Waals surface area (Å²) in [6.45, 7) is 8.36. The summed E-state index contributed by atoms with van der Waals surface area (Å²) < 4.78 is 22.8. The Bertz CT molecular complexity index is 248. The molecule has 0 amide bonds. The van der Waals surface area contributed by atoms with E-state index in [0.29, 0.717) is 13.1 Å². The number of hydrogen-bond acceptors (Lipinski definition) is 4. The van der Waals surface area contributed by atoms with Crippen LogP contribution in [0.1, 0.15) is 19.8 Å². The summed E-state index contributed by atoms with van der Waals surface area (Å²) in [7, 11) is -2.47. The molecule has 0 aromatic carbocycles. The number of aliphatic hydroxyl groups excluding tert-OH is 1. The highest BCUT2D eigenvalue weighted by atomic mass is 32.2. The van der Waals surface area contributed by atoms with Crippen LogP contribution in [-0.4, -0.2) is 50.7 Å². The monoisotopic (exact) mass is 250 g/mol. The van der Waals surface area contributed by atoms with Crippen molar-refractivity contribution in [3.63, 3.8) is 0 Å². The normalized spacial score (nSPS) is 13.2. The van der Waals surface area contributed by atoms with Gasteiger partial charge in [0.2, 0.25) is 10.9 Å². The Kier molecular flexibility index (Phi) is 9.51. The van der Waals surface area contributed by atoms with E-state index in [9.17, 15) is 13.5 Å². The SMILES string of the molecule is C=CC(O)CN(CC)CCCCN[SH](=O)=O. The summed E-state index contributed by atoms with van der Waals surface area (Å²) in [4.78, 5) is 2.11. The van der Waals surface area contributed by atoms with Gasteiger partial charge < -0.3 is 10.0 Å². The quantitative estimate of drug-likeness (QED) is 0.284. The average molecular weight is 250 g/mol. The molecule has 0 bridgehead atoms. The third-order valence-electron chi connectivity index (χ3n) is 2.31. The molecule has 0 spiro atoms. The van der Waals surface area contributed by atoms with Crippen molar-refractivity contribution in [1.82, 2.24) is 9.62 Å². The molecule has 0 heterocycles.